The Morgan fingerprint density at radius 1 is 1.16 bits per heavy atom. The van der Waals surface area contributed by atoms with Gasteiger partial charge in [0.25, 0.3) is 0 Å². The molecule has 2 aromatic carbocycles. The molecule has 0 saturated carbocycles. The number of carbonyl (C=O) groups is 2. The lowest BCUT2D eigenvalue weighted by Crippen LogP contribution is -2.54. The Labute approximate surface area is 220 Å². The molecule has 3 amide bonds. The summed E-state index contributed by atoms with van der Waals surface area (Å²) >= 11 is 0. The Morgan fingerprint density at radius 3 is 2.79 bits per heavy atom. The van der Waals surface area contributed by atoms with Gasteiger partial charge in [0, 0.05) is 44.0 Å². The van der Waals surface area contributed by atoms with E-state index in [0.717, 1.165) is 30.4 Å². The number of piperidine rings is 1. The molecule has 200 valence electrons. The van der Waals surface area contributed by atoms with Crippen molar-refractivity contribution in [2.45, 2.75) is 31.7 Å². The van der Waals surface area contributed by atoms with Crippen molar-refractivity contribution < 1.29 is 18.7 Å². The second kappa shape index (κ2) is 11.7. The first-order chi connectivity index (χ1) is 18.5. The predicted molar refractivity (Wildman–Crippen MR) is 139 cm³/mol. The van der Waals surface area contributed by atoms with Gasteiger partial charge in [-0.15, -0.1) is 5.10 Å². The number of urea groups is 1. The van der Waals surface area contributed by atoms with Gasteiger partial charge >= 0.3 is 6.03 Å². The minimum Gasteiger partial charge on any atom is -0.380 e. The number of rotatable bonds is 6. The lowest BCUT2D eigenvalue weighted by Gasteiger charge is -2.38. The maximum atomic E-state index is 13.6. The van der Waals surface area contributed by atoms with Crippen LogP contribution in [0.25, 0.3) is 11.4 Å². The molecule has 10 nitrogen and oxygen atoms in total. The molecule has 1 aromatic heterocycles. The first kappa shape index (κ1) is 25.8. The molecule has 0 spiro atoms. The third kappa shape index (κ3) is 6.16. The van der Waals surface area contributed by atoms with Gasteiger partial charge < -0.3 is 20.3 Å². The molecule has 2 aliphatic rings. The highest BCUT2D eigenvalue weighted by Crippen LogP contribution is 2.25. The zero-order chi connectivity index (χ0) is 26.5. The molecule has 11 heteroatoms. The number of hydrogen-bond acceptors (Lipinski definition) is 6. The van der Waals surface area contributed by atoms with E-state index in [-0.39, 0.29) is 30.4 Å². The van der Waals surface area contributed by atoms with E-state index in [2.05, 4.69) is 26.2 Å². The summed E-state index contributed by atoms with van der Waals surface area (Å²) in [6, 6.07) is 13.1. The number of aryl methyl sites for hydroxylation is 1. The zero-order valence-corrected chi connectivity index (χ0v) is 21.3. The van der Waals surface area contributed by atoms with Gasteiger partial charge in [0.15, 0.2) is 5.82 Å². The number of likely N-dealkylation sites (tertiary alicyclic amines) is 1. The molecule has 2 saturated heterocycles. The van der Waals surface area contributed by atoms with Crippen molar-refractivity contribution in [3.05, 3.63) is 59.9 Å². The Hall–Kier alpha value is -3.86. The van der Waals surface area contributed by atoms with Crippen LogP contribution in [0.3, 0.4) is 0 Å². The number of aromatic nitrogens is 4. The van der Waals surface area contributed by atoms with E-state index < -0.39 is 5.92 Å². The Bertz CT molecular complexity index is 1270. The highest BCUT2D eigenvalue weighted by Gasteiger charge is 2.37. The normalized spacial score (nSPS) is 21.6. The van der Waals surface area contributed by atoms with Crippen molar-refractivity contribution in [3.63, 3.8) is 0 Å². The number of nitrogens with zero attached hydrogens (tertiary/aromatic N) is 5. The summed E-state index contributed by atoms with van der Waals surface area (Å²) in [5.41, 5.74) is 2.44. The molecule has 3 aromatic rings. The number of ether oxygens (including phenoxy) is 1. The number of tetrazole rings is 1. The van der Waals surface area contributed by atoms with E-state index in [0.29, 0.717) is 43.5 Å². The molecule has 38 heavy (non-hydrogen) atoms. The van der Waals surface area contributed by atoms with Crippen LogP contribution in [-0.4, -0.2) is 69.4 Å². The molecule has 0 radical (unpaired) electrons. The molecule has 0 aliphatic carbocycles. The van der Waals surface area contributed by atoms with Gasteiger partial charge in [-0.1, -0.05) is 24.3 Å². The highest BCUT2D eigenvalue weighted by molar-refractivity contribution is 5.91. The lowest BCUT2D eigenvalue weighted by atomic mass is 9.89. The van der Waals surface area contributed by atoms with Crippen LogP contribution < -0.4 is 10.6 Å². The fraction of sp³-hybridized carbons (Fsp3) is 0.444. The number of amides is 3. The van der Waals surface area contributed by atoms with Crippen molar-refractivity contribution in [2.75, 3.05) is 31.6 Å². The van der Waals surface area contributed by atoms with Crippen molar-refractivity contribution >= 4 is 17.6 Å². The summed E-state index contributed by atoms with van der Waals surface area (Å²) in [5.74, 6) is 0.215. The molecule has 5 rings (SSSR count). The molecule has 0 unspecified atom stereocenters. The van der Waals surface area contributed by atoms with E-state index in [1.165, 1.54) is 12.1 Å². The van der Waals surface area contributed by atoms with Gasteiger partial charge in [0.2, 0.25) is 5.91 Å². The second-order valence-electron chi connectivity index (χ2n) is 10.0. The van der Waals surface area contributed by atoms with E-state index in [1.807, 2.05) is 29.2 Å². The zero-order valence-electron chi connectivity index (χ0n) is 21.3. The standard InChI is InChI=1S/C27H32FN7O3/c1-34-25(31-32-33-34)20-5-2-6-22(15-20)29-27(37)30-24-11-13-38-17-23(24)26(36)35-12-3-4-19(16-35)14-18-7-9-21(28)10-8-18/h2,5-10,15,19,23-24H,3-4,11-14,16-17H2,1H3,(H2,29,30,37)/t19-,23-,24+/m0/s1. The van der Waals surface area contributed by atoms with Gasteiger partial charge in [-0.25, -0.2) is 13.9 Å². The Kier molecular flexibility index (Phi) is 7.92. The summed E-state index contributed by atoms with van der Waals surface area (Å²) in [6.45, 7) is 2.10. The predicted octanol–water partition coefficient (Wildman–Crippen LogP) is 3.02. The van der Waals surface area contributed by atoms with Crippen LogP contribution in [0, 0.1) is 17.7 Å². The van der Waals surface area contributed by atoms with Crippen LogP contribution in [0.15, 0.2) is 48.5 Å². The van der Waals surface area contributed by atoms with Gasteiger partial charge in [-0.2, -0.15) is 0 Å². The number of carbonyl (C=O) groups excluding carboxylic acids is 2. The van der Waals surface area contributed by atoms with Crippen LogP contribution in [-0.2, 0) is 23.0 Å². The maximum Gasteiger partial charge on any atom is 0.319 e. The number of nitrogens with one attached hydrogen (secondary N) is 2. The summed E-state index contributed by atoms with van der Waals surface area (Å²) < 4.78 is 20.5. The molecule has 2 N–H and O–H groups in total. The van der Waals surface area contributed by atoms with E-state index >= 15 is 0 Å². The summed E-state index contributed by atoms with van der Waals surface area (Å²) in [5, 5.41) is 17.4. The van der Waals surface area contributed by atoms with Crippen LogP contribution >= 0.6 is 0 Å². The Balaban J connectivity index is 1.19. The Morgan fingerprint density at radius 2 is 2.00 bits per heavy atom. The summed E-state index contributed by atoms with van der Waals surface area (Å²) in [4.78, 5) is 28.4. The van der Waals surface area contributed by atoms with Gasteiger partial charge in [0.1, 0.15) is 5.82 Å². The van der Waals surface area contributed by atoms with Crippen molar-refractivity contribution in [1.82, 2.24) is 30.4 Å². The van der Waals surface area contributed by atoms with Gasteiger partial charge in [-0.05, 0) is 71.9 Å². The van der Waals surface area contributed by atoms with Gasteiger partial charge in [0.05, 0.1) is 12.5 Å². The number of anilines is 1. The summed E-state index contributed by atoms with van der Waals surface area (Å²) in [6.07, 6.45) is 3.30. The molecule has 3 atom stereocenters. The van der Waals surface area contributed by atoms with E-state index in [1.54, 1.807) is 23.9 Å². The topological polar surface area (TPSA) is 114 Å². The fourth-order valence-corrected chi connectivity index (χ4v) is 5.32. The van der Waals surface area contributed by atoms with Crippen LogP contribution in [0.5, 0.6) is 0 Å². The minimum absolute atomic E-state index is 0.00980. The molecule has 2 aliphatic heterocycles. The number of hydrogen-bond donors (Lipinski definition) is 2. The second-order valence-corrected chi connectivity index (χ2v) is 10.0. The number of benzene rings is 2. The third-order valence-corrected chi connectivity index (χ3v) is 7.26. The van der Waals surface area contributed by atoms with Crippen molar-refractivity contribution in [2.24, 2.45) is 18.9 Å². The minimum atomic E-state index is -0.449. The molecular weight excluding hydrogens is 489 g/mol. The average molecular weight is 522 g/mol. The SMILES string of the molecule is Cn1nnnc1-c1cccc(NC(=O)N[C@@H]2CCOC[C@@H]2C(=O)N2CCC[C@@H](Cc3ccc(F)cc3)C2)c1. The van der Waals surface area contributed by atoms with Gasteiger partial charge in [-0.3, -0.25) is 4.79 Å². The first-order valence-electron chi connectivity index (χ1n) is 13.0. The van der Waals surface area contributed by atoms with E-state index in [9.17, 15) is 14.0 Å². The average Bonchev–Trinajstić information content (AvgIpc) is 3.36. The smallest absolute Gasteiger partial charge is 0.319 e. The highest BCUT2D eigenvalue weighted by atomic mass is 19.1. The number of halogens is 1. The van der Waals surface area contributed by atoms with E-state index in [4.69, 9.17) is 4.74 Å². The van der Waals surface area contributed by atoms with Crippen LogP contribution in [0.1, 0.15) is 24.8 Å². The molecule has 2 fully saturated rings. The maximum absolute atomic E-state index is 13.6. The lowest BCUT2D eigenvalue weighted by molar-refractivity contribution is -0.142. The molecular formula is C27H32FN7O3. The molecule has 3 heterocycles. The largest absolute Gasteiger partial charge is 0.380 e. The monoisotopic (exact) mass is 521 g/mol. The summed E-state index contributed by atoms with van der Waals surface area (Å²) in [7, 11) is 1.75. The third-order valence-electron chi connectivity index (χ3n) is 7.26. The fourth-order valence-electron chi connectivity index (χ4n) is 5.32. The van der Waals surface area contributed by atoms with Crippen LogP contribution in [0.2, 0.25) is 0 Å². The van der Waals surface area contributed by atoms with Crippen molar-refractivity contribution in [1.29, 1.82) is 0 Å². The van der Waals surface area contributed by atoms with Crippen LogP contribution in [0.4, 0.5) is 14.9 Å². The van der Waals surface area contributed by atoms with Crippen molar-refractivity contribution in [3.8, 4) is 11.4 Å². The first-order valence-corrected chi connectivity index (χ1v) is 13.0. The molecule has 0 bridgehead atoms. The quantitative estimate of drug-likeness (QED) is 0.516.